The smallest absolute Gasteiger partial charge is 0.235 e. The number of piperidine rings is 1. The zero-order valence-corrected chi connectivity index (χ0v) is 9.07. The van der Waals surface area contributed by atoms with E-state index in [1.807, 2.05) is 0 Å². The first-order valence-electron chi connectivity index (χ1n) is 5.30. The number of hydrogen-bond donors (Lipinski definition) is 2. The Balaban J connectivity index is 2.33. The summed E-state index contributed by atoms with van der Waals surface area (Å²) in [6, 6.07) is 1.27. The number of halogens is 1. The monoisotopic (exact) mass is 237 g/mol. The third-order valence-corrected chi connectivity index (χ3v) is 2.76. The Morgan fingerprint density at radius 2 is 2.29 bits per heavy atom. The largest absolute Gasteiger partial charge is 0.326 e. The quantitative estimate of drug-likeness (QED) is 0.719. The van der Waals surface area contributed by atoms with Crippen LogP contribution < -0.4 is 11.1 Å². The van der Waals surface area contributed by atoms with Crippen molar-refractivity contribution >= 4 is 11.8 Å². The summed E-state index contributed by atoms with van der Waals surface area (Å²) in [7, 11) is 0. The lowest BCUT2D eigenvalue weighted by molar-refractivity contribution is -0.134. The van der Waals surface area contributed by atoms with Crippen LogP contribution in [0.25, 0.3) is 0 Å². The molecule has 2 heterocycles. The van der Waals surface area contributed by atoms with E-state index < -0.39 is 17.6 Å². The van der Waals surface area contributed by atoms with E-state index in [0.29, 0.717) is 17.7 Å². The van der Waals surface area contributed by atoms with Crippen LogP contribution >= 0.6 is 0 Å². The third kappa shape index (κ3) is 2.31. The Bertz CT molecular complexity index is 476. The molecule has 0 aliphatic carbocycles. The maximum atomic E-state index is 13.0. The fourth-order valence-corrected chi connectivity index (χ4v) is 1.92. The molecule has 1 aliphatic heterocycles. The number of carbonyl (C=O) groups excluding carboxylic acids is 2. The number of hydrogen-bond acceptors (Lipinski definition) is 4. The van der Waals surface area contributed by atoms with Crippen LogP contribution in [0.5, 0.6) is 0 Å². The summed E-state index contributed by atoms with van der Waals surface area (Å²) >= 11 is 0. The predicted molar refractivity (Wildman–Crippen MR) is 57.2 cm³/mol. The van der Waals surface area contributed by atoms with Gasteiger partial charge in [-0.1, -0.05) is 0 Å². The van der Waals surface area contributed by atoms with Crippen molar-refractivity contribution in [2.45, 2.75) is 25.3 Å². The van der Waals surface area contributed by atoms with E-state index in [1.165, 1.54) is 6.07 Å². The van der Waals surface area contributed by atoms with E-state index in [9.17, 15) is 14.0 Å². The number of carbonyl (C=O) groups is 2. The number of amides is 2. The van der Waals surface area contributed by atoms with Crippen LogP contribution in [-0.4, -0.2) is 16.8 Å². The van der Waals surface area contributed by atoms with Crippen molar-refractivity contribution < 1.29 is 14.0 Å². The molecular formula is C11H12FN3O2. The molecule has 2 rings (SSSR count). The highest BCUT2D eigenvalue weighted by Crippen LogP contribution is 2.26. The zero-order valence-electron chi connectivity index (χ0n) is 9.07. The number of rotatable bonds is 2. The average molecular weight is 237 g/mol. The number of aromatic nitrogens is 1. The van der Waals surface area contributed by atoms with Crippen molar-refractivity contribution in [2.24, 2.45) is 5.73 Å². The molecule has 0 aromatic carbocycles. The minimum Gasteiger partial charge on any atom is -0.326 e. The lowest BCUT2D eigenvalue weighted by Gasteiger charge is -2.21. The second-order valence-corrected chi connectivity index (χ2v) is 3.91. The molecule has 0 bridgehead atoms. The molecule has 0 radical (unpaired) electrons. The van der Waals surface area contributed by atoms with Crippen molar-refractivity contribution in [3.63, 3.8) is 0 Å². The van der Waals surface area contributed by atoms with Crippen LogP contribution in [0.15, 0.2) is 12.3 Å². The summed E-state index contributed by atoms with van der Waals surface area (Å²) in [6.07, 6.45) is 1.70. The first-order chi connectivity index (χ1) is 8.11. The van der Waals surface area contributed by atoms with Gasteiger partial charge in [0.15, 0.2) is 0 Å². The normalized spacial score (nSPS) is 20.2. The molecule has 1 aromatic heterocycles. The summed E-state index contributed by atoms with van der Waals surface area (Å²) in [5.74, 6) is -1.69. The molecule has 0 saturated carbocycles. The lowest BCUT2D eigenvalue weighted by Crippen LogP contribution is -2.40. The van der Waals surface area contributed by atoms with Crippen molar-refractivity contribution in [3.05, 3.63) is 29.3 Å². The van der Waals surface area contributed by atoms with Gasteiger partial charge < -0.3 is 5.73 Å². The minimum absolute atomic E-state index is 0.109. The third-order valence-electron chi connectivity index (χ3n) is 2.76. The van der Waals surface area contributed by atoms with Gasteiger partial charge in [0.2, 0.25) is 11.8 Å². The molecule has 1 unspecified atom stereocenters. The summed E-state index contributed by atoms with van der Waals surface area (Å²) in [4.78, 5) is 26.6. The first-order valence-corrected chi connectivity index (χ1v) is 5.30. The van der Waals surface area contributed by atoms with Crippen LogP contribution in [0, 0.1) is 5.82 Å². The Morgan fingerprint density at radius 3 is 2.94 bits per heavy atom. The molecule has 17 heavy (non-hydrogen) atoms. The van der Waals surface area contributed by atoms with Gasteiger partial charge in [-0.05, 0) is 18.1 Å². The second-order valence-electron chi connectivity index (χ2n) is 3.91. The van der Waals surface area contributed by atoms with Crippen molar-refractivity contribution in [2.75, 3.05) is 0 Å². The maximum absolute atomic E-state index is 13.0. The Labute approximate surface area is 97.2 Å². The molecule has 1 aliphatic rings. The topological polar surface area (TPSA) is 85.1 Å². The number of imide groups is 1. The van der Waals surface area contributed by atoms with Gasteiger partial charge in [0.1, 0.15) is 5.82 Å². The number of pyridine rings is 1. The van der Waals surface area contributed by atoms with Crippen molar-refractivity contribution in [1.29, 1.82) is 0 Å². The first kappa shape index (κ1) is 11.7. The SMILES string of the molecule is NCc1cc(F)cnc1C1CCC(=O)NC1=O. The van der Waals surface area contributed by atoms with E-state index in [2.05, 4.69) is 10.3 Å². The second kappa shape index (κ2) is 4.58. The highest BCUT2D eigenvalue weighted by Gasteiger charge is 2.30. The van der Waals surface area contributed by atoms with Crippen molar-refractivity contribution in [3.8, 4) is 0 Å². The molecule has 1 fully saturated rings. The summed E-state index contributed by atoms with van der Waals surface area (Å²) in [6.45, 7) is 0.109. The summed E-state index contributed by atoms with van der Waals surface area (Å²) in [5.41, 5.74) is 6.45. The average Bonchev–Trinajstić information content (AvgIpc) is 2.30. The van der Waals surface area contributed by atoms with Crippen LogP contribution in [0.4, 0.5) is 4.39 Å². The van der Waals surface area contributed by atoms with Gasteiger partial charge >= 0.3 is 0 Å². The van der Waals surface area contributed by atoms with Gasteiger partial charge in [0.25, 0.3) is 0 Å². The van der Waals surface area contributed by atoms with Crippen LogP contribution in [0.2, 0.25) is 0 Å². The van der Waals surface area contributed by atoms with Crippen LogP contribution in [-0.2, 0) is 16.1 Å². The van der Waals surface area contributed by atoms with Crippen LogP contribution in [0.1, 0.15) is 30.0 Å². The van der Waals surface area contributed by atoms with Crippen molar-refractivity contribution in [1.82, 2.24) is 10.3 Å². The molecular weight excluding hydrogens is 225 g/mol. The molecule has 90 valence electrons. The van der Waals surface area contributed by atoms with E-state index in [4.69, 9.17) is 5.73 Å². The molecule has 2 amide bonds. The molecule has 1 saturated heterocycles. The number of nitrogens with two attached hydrogens (primary N) is 1. The van der Waals surface area contributed by atoms with E-state index >= 15 is 0 Å². The van der Waals surface area contributed by atoms with Crippen LogP contribution in [0.3, 0.4) is 0 Å². The molecule has 1 aromatic rings. The standard InChI is InChI=1S/C11H12FN3O2/c12-7-3-6(4-13)10(14-5-7)8-1-2-9(16)15-11(8)17/h3,5,8H,1-2,4,13H2,(H,15,16,17). The highest BCUT2D eigenvalue weighted by molar-refractivity contribution is 6.00. The van der Waals surface area contributed by atoms with Gasteiger partial charge in [-0.25, -0.2) is 4.39 Å². The Kier molecular flexibility index (Phi) is 3.14. The highest BCUT2D eigenvalue weighted by atomic mass is 19.1. The summed E-state index contributed by atoms with van der Waals surface area (Å²) < 4.78 is 13.0. The zero-order chi connectivity index (χ0) is 12.4. The van der Waals surface area contributed by atoms with Gasteiger partial charge in [-0.15, -0.1) is 0 Å². The Morgan fingerprint density at radius 1 is 1.53 bits per heavy atom. The fraction of sp³-hybridized carbons (Fsp3) is 0.364. The van der Waals surface area contributed by atoms with E-state index in [1.54, 1.807) is 0 Å². The predicted octanol–water partition coefficient (Wildman–Crippen LogP) is 0.200. The summed E-state index contributed by atoms with van der Waals surface area (Å²) in [5, 5.41) is 2.24. The molecule has 0 spiro atoms. The molecule has 5 nitrogen and oxygen atoms in total. The number of nitrogens with zero attached hydrogens (tertiary/aromatic N) is 1. The number of nitrogens with one attached hydrogen (secondary N) is 1. The van der Waals surface area contributed by atoms with Gasteiger partial charge in [0.05, 0.1) is 17.8 Å². The Hall–Kier alpha value is -1.82. The van der Waals surface area contributed by atoms with E-state index in [0.717, 1.165) is 6.20 Å². The van der Waals surface area contributed by atoms with E-state index in [-0.39, 0.29) is 18.9 Å². The minimum atomic E-state index is -0.521. The molecule has 1 atom stereocenters. The molecule has 3 N–H and O–H groups in total. The maximum Gasteiger partial charge on any atom is 0.235 e. The molecule has 6 heteroatoms. The lowest BCUT2D eigenvalue weighted by atomic mass is 9.91. The fourth-order valence-electron chi connectivity index (χ4n) is 1.92. The van der Waals surface area contributed by atoms with Gasteiger partial charge in [0, 0.05) is 13.0 Å². The van der Waals surface area contributed by atoms with Gasteiger partial charge in [-0.3, -0.25) is 19.9 Å². The van der Waals surface area contributed by atoms with Gasteiger partial charge in [-0.2, -0.15) is 0 Å².